The molecule has 5 heteroatoms. The first kappa shape index (κ1) is 23.7. The van der Waals surface area contributed by atoms with Crippen LogP contribution in [-0.4, -0.2) is 18.4 Å². The molecule has 1 aliphatic carbocycles. The second-order valence-corrected chi connectivity index (χ2v) is 9.65. The van der Waals surface area contributed by atoms with Crippen LogP contribution in [0.1, 0.15) is 51.2 Å². The Labute approximate surface area is 200 Å². The van der Waals surface area contributed by atoms with Gasteiger partial charge in [0.1, 0.15) is 5.41 Å². The molecule has 0 aliphatic heterocycles. The van der Waals surface area contributed by atoms with Crippen LogP contribution in [0.2, 0.25) is 0 Å². The molecule has 2 aromatic rings. The number of rotatable bonds is 5. The maximum atomic E-state index is 13.6. The van der Waals surface area contributed by atoms with Gasteiger partial charge in [-0.15, -0.1) is 0 Å². The zero-order chi connectivity index (χ0) is 22.8. The number of hydrogen-bond donors (Lipinski definition) is 0. The van der Waals surface area contributed by atoms with Crippen LogP contribution < -0.4 is 0 Å². The van der Waals surface area contributed by atoms with Crippen LogP contribution in [0.3, 0.4) is 0 Å². The van der Waals surface area contributed by atoms with Crippen LogP contribution in [-0.2, 0) is 14.3 Å². The predicted molar refractivity (Wildman–Crippen MR) is 132 cm³/mol. The van der Waals surface area contributed by atoms with Gasteiger partial charge in [0.25, 0.3) is 0 Å². The Kier molecular flexibility index (Phi) is 7.38. The van der Waals surface area contributed by atoms with E-state index < -0.39 is 11.4 Å². The second kappa shape index (κ2) is 9.66. The summed E-state index contributed by atoms with van der Waals surface area (Å²) in [6, 6.07) is 15.9. The first-order valence-corrected chi connectivity index (χ1v) is 12.0. The minimum absolute atomic E-state index is 0.181. The molecule has 162 valence electrons. The lowest BCUT2D eigenvalue weighted by Crippen LogP contribution is -2.45. The molecule has 3 rings (SSSR count). The lowest BCUT2D eigenvalue weighted by Gasteiger charge is -2.40. The van der Waals surface area contributed by atoms with Gasteiger partial charge in [-0.25, -0.2) is 0 Å². The molecule has 31 heavy (non-hydrogen) atoms. The van der Waals surface area contributed by atoms with Gasteiger partial charge in [0, 0.05) is 14.9 Å². The number of carbonyl (C=O) groups is 2. The van der Waals surface area contributed by atoms with E-state index in [2.05, 4.69) is 50.9 Å². The van der Waals surface area contributed by atoms with E-state index in [-0.39, 0.29) is 18.3 Å². The highest BCUT2D eigenvalue weighted by atomic mass is 79.9. The van der Waals surface area contributed by atoms with Crippen LogP contribution in [0.4, 0.5) is 0 Å². The van der Waals surface area contributed by atoms with E-state index >= 15 is 0 Å². The maximum Gasteiger partial charge on any atom is 0.323 e. The largest absolute Gasteiger partial charge is 0.465 e. The molecule has 0 radical (unpaired) electrons. The molecule has 0 aromatic heterocycles. The number of allylic oxidation sites excluding steroid dienone is 2. The molecule has 3 nitrogen and oxygen atoms in total. The normalized spacial score (nSPS) is 22.7. The number of hydrogen-bond acceptors (Lipinski definition) is 3. The first-order valence-electron chi connectivity index (χ1n) is 10.4. The number of carbonyl (C=O) groups excluding carboxylic acids is 2. The molecule has 0 bridgehead atoms. The van der Waals surface area contributed by atoms with Gasteiger partial charge in [-0.1, -0.05) is 74.7 Å². The van der Waals surface area contributed by atoms with E-state index in [9.17, 15) is 9.59 Å². The summed E-state index contributed by atoms with van der Waals surface area (Å²) in [6.07, 6.45) is 2.70. The van der Waals surface area contributed by atoms with Crippen LogP contribution >= 0.6 is 31.9 Å². The molecule has 2 atom stereocenters. The molecule has 0 saturated carbocycles. The van der Waals surface area contributed by atoms with Crippen molar-refractivity contribution >= 4 is 49.7 Å². The molecular formula is C26H26Br2O3. The Morgan fingerprint density at radius 1 is 1.03 bits per heavy atom. The second-order valence-electron chi connectivity index (χ2n) is 7.81. The molecular weight excluding hydrogens is 520 g/mol. The fourth-order valence-corrected chi connectivity index (χ4v) is 4.83. The zero-order valence-electron chi connectivity index (χ0n) is 18.2. The average molecular weight is 546 g/mol. The van der Waals surface area contributed by atoms with Crippen LogP contribution in [0.15, 0.2) is 74.2 Å². The van der Waals surface area contributed by atoms with Crippen molar-refractivity contribution in [3.05, 3.63) is 85.3 Å². The Balaban J connectivity index is 2.34. The van der Waals surface area contributed by atoms with Gasteiger partial charge in [0.15, 0.2) is 5.78 Å². The number of ether oxygens (including phenoxy) is 1. The van der Waals surface area contributed by atoms with Crippen molar-refractivity contribution in [2.24, 2.45) is 5.41 Å². The van der Waals surface area contributed by atoms with Crippen molar-refractivity contribution in [2.75, 3.05) is 6.61 Å². The van der Waals surface area contributed by atoms with Gasteiger partial charge >= 0.3 is 5.97 Å². The van der Waals surface area contributed by atoms with E-state index in [0.29, 0.717) is 5.57 Å². The third-order valence-corrected chi connectivity index (χ3v) is 7.03. The minimum atomic E-state index is -1.39. The number of benzene rings is 2. The highest BCUT2D eigenvalue weighted by Crippen LogP contribution is 2.51. The standard InChI is InChI=1S/C26H26Br2O3/c1-5-21-16(3)24(29)26(4,25(30)31-6-2)22(15-17-7-11-19(27)12-8-17)23(21)18-9-13-20(28)14-10-18/h7-15,23H,5-6H2,1-4H3/b22-15-/t23-,26+/m0/s1. The molecule has 0 N–H and O–H groups in total. The van der Waals surface area contributed by atoms with Crippen molar-refractivity contribution in [1.82, 2.24) is 0 Å². The molecule has 0 fully saturated rings. The van der Waals surface area contributed by atoms with Crippen molar-refractivity contribution in [2.45, 2.75) is 40.0 Å². The van der Waals surface area contributed by atoms with E-state index in [4.69, 9.17) is 4.74 Å². The van der Waals surface area contributed by atoms with Crippen LogP contribution in [0, 0.1) is 5.41 Å². The molecule has 0 heterocycles. The number of ketones is 1. The topological polar surface area (TPSA) is 43.4 Å². The predicted octanol–water partition coefficient (Wildman–Crippen LogP) is 7.26. The minimum Gasteiger partial charge on any atom is -0.465 e. The summed E-state index contributed by atoms with van der Waals surface area (Å²) >= 11 is 6.98. The van der Waals surface area contributed by atoms with Gasteiger partial charge in [-0.2, -0.15) is 0 Å². The fourth-order valence-electron chi connectivity index (χ4n) is 4.30. The summed E-state index contributed by atoms with van der Waals surface area (Å²) in [5.41, 5.74) is 3.03. The summed E-state index contributed by atoms with van der Waals surface area (Å²) in [5.74, 6) is -0.867. The lowest BCUT2D eigenvalue weighted by molar-refractivity contribution is -0.155. The average Bonchev–Trinajstić information content (AvgIpc) is 2.76. The number of esters is 1. The van der Waals surface area contributed by atoms with Crippen molar-refractivity contribution < 1.29 is 14.3 Å². The monoisotopic (exact) mass is 544 g/mol. The summed E-state index contributed by atoms with van der Waals surface area (Å²) in [4.78, 5) is 26.8. The van der Waals surface area contributed by atoms with Crippen molar-refractivity contribution in [1.29, 1.82) is 0 Å². The highest BCUT2D eigenvalue weighted by Gasteiger charge is 2.52. The van der Waals surface area contributed by atoms with Crippen LogP contribution in [0.25, 0.3) is 6.08 Å². The first-order chi connectivity index (χ1) is 14.7. The molecule has 0 amide bonds. The van der Waals surface area contributed by atoms with Gasteiger partial charge < -0.3 is 4.74 Å². The summed E-state index contributed by atoms with van der Waals surface area (Å²) in [5, 5.41) is 0. The third-order valence-electron chi connectivity index (χ3n) is 5.97. The van der Waals surface area contributed by atoms with Gasteiger partial charge in [-0.3, -0.25) is 9.59 Å². The smallest absolute Gasteiger partial charge is 0.323 e. The summed E-state index contributed by atoms with van der Waals surface area (Å²) in [7, 11) is 0. The Morgan fingerprint density at radius 2 is 1.58 bits per heavy atom. The fraction of sp³-hybridized carbons (Fsp3) is 0.308. The van der Waals surface area contributed by atoms with E-state index in [1.165, 1.54) is 0 Å². The summed E-state index contributed by atoms with van der Waals surface area (Å²) < 4.78 is 7.37. The number of halogens is 2. The Morgan fingerprint density at radius 3 is 2.10 bits per heavy atom. The van der Waals surface area contributed by atoms with Gasteiger partial charge in [0.2, 0.25) is 0 Å². The van der Waals surface area contributed by atoms with E-state index in [0.717, 1.165) is 37.6 Å². The number of Topliss-reactive ketones (excluding diaryl/α,β-unsaturated/α-hetero) is 1. The van der Waals surface area contributed by atoms with E-state index in [1.807, 2.05) is 49.4 Å². The molecule has 1 aliphatic rings. The third kappa shape index (κ3) is 4.49. The summed E-state index contributed by atoms with van der Waals surface area (Å²) in [6.45, 7) is 7.58. The SMILES string of the molecule is CCOC(=O)[C@@]1(C)C(=O)C(C)=C(CC)[C@H](c2ccc(Br)cc2)/C1=C/c1ccc(Br)cc1. The Bertz CT molecular complexity index is 1050. The molecule has 0 unspecified atom stereocenters. The van der Waals surface area contributed by atoms with Gasteiger partial charge in [0.05, 0.1) is 6.61 Å². The molecule has 2 aromatic carbocycles. The lowest BCUT2D eigenvalue weighted by atomic mass is 9.61. The maximum absolute atomic E-state index is 13.6. The molecule has 0 spiro atoms. The zero-order valence-corrected chi connectivity index (χ0v) is 21.3. The molecule has 0 saturated heterocycles. The van der Waals surface area contributed by atoms with Gasteiger partial charge in [-0.05, 0) is 73.7 Å². The Hall–Kier alpha value is -1.98. The van der Waals surface area contributed by atoms with Crippen molar-refractivity contribution in [3.63, 3.8) is 0 Å². The van der Waals surface area contributed by atoms with E-state index in [1.54, 1.807) is 13.8 Å². The highest BCUT2D eigenvalue weighted by molar-refractivity contribution is 9.10. The van der Waals surface area contributed by atoms with Crippen LogP contribution in [0.5, 0.6) is 0 Å². The van der Waals surface area contributed by atoms with Crippen molar-refractivity contribution in [3.8, 4) is 0 Å². The quantitative estimate of drug-likeness (QED) is 0.293.